The molecule has 0 radical (unpaired) electrons. The second kappa shape index (κ2) is 9.46. The number of aromatic nitrogens is 3. The van der Waals surface area contributed by atoms with E-state index in [4.69, 9.17) is 23.2 Å². The van der Waals surface area contributed by atoms with E-state index in [1.165, 1.54) is 15.6 Å². The predicted molar refractivity (Wildman–Crippen MR) is 127 cm³/mol. The maximum atomic E-state index is 13.7. The number of rotatable bonds is 5. The number of carboxylic acid groups (broad SMARTS) is 1. The van der Waals surface area contributed by atoms with Gasteiger partial charge in [0, 0.05) is 27.8 Å². The van der Waals surface area contributed by atoms with E-state index in [1.807, 2.05) is 0 Å². The molecule has 1 fully saturated rings. The van der Waals surface area contributed by atoms with E-state index in [1.54, 1.807) is 30.5 Å². The van der Waals surface area contributed by atoms with Gasteiger partial charge in [0.25, 0.3) is 5.91 Å². The van der Waals surface area contributed by atoms with Crippen molar-refractivity contribution >= 4 is 85.0 Å². The molecule has 1 saturated carbocycles. The molecule has 1 N–H and O–H groups in total. The molecule has 0 unspecified atom stereocenters. The summed E-state index contributed by atoms with van der Waals surface area (Å²) < 4.78 is 2.17. The van der Waals surface area contributed by atoms with Gasteiger partial charge in [-0.25, -0.2) is 14.5 Å². The van der Waals surface area contributed by atoms with Crippen molar-refractivity contribution in [1.82, 2.24) is 14.8 Å². The highest BCUT2D eigenvalue weighted by Crippen LogP contribution is 2.41. The van der Waals surface area contributed by atoms with Crippen molar-refractivity contribution in [2.24, 2.45) is 0 Å². The first-order valence-electron chi connectivity index (χ1n) is 8.70. The number of carboxylic acids is 1. The van der Waals surface area contributed by atoms with Gasteiger partial charge in [-0.2, -0.15) is 5.10 Å². The zero-order chi connectivity index (χ0) is 21.6. The summed E-state index contributed by atoms with van der Waals surface area (Å²) in [6.07, 6.45) is 3.04. The van der Waals surface area contributed by atoms with Crippen LogP contribution in [0.5, 0.6) is 0 Å². The number of pyridine rings is 1. The van der Waals surface area contributed by atoms with Crippen LogP contribution in [0.1, 0.15) is 33.7 Å². The van der Waals surface area contributed by atoms with E-state index < -0.39 is 11.9 Å². The molecule has 162 valence electrons. The molecule has 0 spiro atoms. The minimum atomic E-state index is -1.19. The fourth-order valence-corrected chi connectivity index (χ4v) is 4.66. The lowest BCUT2D eigenvalue weighted by molar-refractivity contribution is 0.0697. The van der Waals surface area contributed by atoms with E-state index in [-0.39, 0.29) is 46.2 Å². The Balaban J connectivity index is 0.00000272. The number of carbonyl (C=O) groups is 2. The van der Waals surface area contributed by atoms with Gasteiger partial charge in [0.2, 0.25) is 0 Å². The lowest BCUT2D eigenvalue weighted by atomic mass is 10.1. The van der Waals surface area contributed by atoms with Crippen LogP contribution < -0.4 is 4.90 Å². The average molecular weight is 612 g/mol. The molecule has 1 aliphatic carbocycles. The molecule has 31 heavy (non-hydrogen) atoms. The van der Waals surface area contributed by atoms with E-state index >= 15 is 0 Å². The molecule has 1 aliphatic rings. The Kier molecular flexibility index (Phi) is 7.32. The van der Waals surface area contributed by atoms with E-state index in [9.17, 15) is 14.7 Å². The van der Waals surface area contributed by atoms with Crippen LogP contribution >= 0.6 is 67.5 Å². The standard InChI is InChI=1S/C19H12Br2Cl2N4O3.ClH/c20-12-7-9(22)6-11(19(29)30)16(12)26(10-3-4-10)18(28)14-8-15(21)25-27(14)17-13(23)2-1-5-24-17;/h1-2,5-8,10H,3-4H2,(H,29,30);1H. The van der Waals surface area contributed by atoms with Crippen molar-refractivity contribution in [2.45, 2.75) is 18.9 Å². The quantitative estimate of drug-likeness (QED) is 0.381. The summed E-state index contributed by atoms with van der Waals surface area (Å²) in [5.41, 5.74) is 0.360. The van der Waals surface area contributed by atoms with Crippen molar-refractivity contribution in [3.8, 4) is 5.82 Å². The first-order valence-corrected chi connectivity index (χ1v) is 11.0. The maximum absolute atomic E-state index is 13.7. The first kappa shape index (κ1) is 24.0. The molecule has 0 bridgehead atoms. The third kappa shape index (κ3) is 4.75. The van der Waals surface area contributed by atoms with Crippen molar-refractivity contribution < 1.29 is 14.7 Å². The van der Waals surface area contributed by atoms with Crippen molar-refractivity contribution in [3.63, 3.8) is 0 Å². The molecule has 1 amide bonds. The average Bonchev–Trinajstić information content (AvgIpc) is 3.44. The molecular formula is C19H13Br2Cl3N4O3. The second-order valence-corrected chi connectivity index (χ2v) is 9.08. The number of benzene rings is 1. The van der Waals surface area contributed by atoms with Crippen LogP contribution in [0.2, 0.25) is 10.0 Å². The van der Waals surface area contributed by atoms with Gasteiger partial charge >= 0.3 is 5.97 Å². The van der Waals surface area contributed by atoms with Crippen LogP contribution in [-0.2, 0) is 0 Å². The van der Waals surface area contributed by atoms with Gasteiger partial charge < -0.3 is 10.0 Å². The number of hydrogen-bond acceptors (Lipinski definition) is 4. The minimum Gasteiger partial charge on any atom is -0.478 e. The number of amides is 1. The molecule has 0 saturated heterocycles. The van der Waals surface area contributed by atoms with Crippen LogP contribution in [0.4, 0.5) is 5.69 Å². The number of hydrogen-bond donors (Lipinski definition) is 1. The number of nitrogens with zero attached hydrogens (tertiary/aromatic N) is 4. The normalized spacial score (nSPS) is 12.9. The van der Waals surface area contributed by atoms with Crippen LogP contribution in [0.3, 0.4) is 0 Å². The fourth-order valence-electron chi connectivity index (χ4n) is 3.08. The van der Waals surface area contributed by atoms with Gasteiger partial charge in [-0.05, 0) is 69.0 Å². The minimum absolute atomic E-state index is 0. The predicted octanol–water partition coefficient (Wildman–Crippen LogP) is 6.03. The van der Waals surface area contributed by atoms with E-state index in [0.717, 1.165) is 12.8 Å². The Hall–Kier alpha value is -1.65. The zero-order valence-corrected chi connectivity index (χ0v) is 20.9. The van der Waals surface area contributed by atoms with Crippen molar-refractivity contribution in [1.29, 1.82) is 0 Å². The molecule has 4 rings (SSSR count). The Morgan fingerprint density at radius 1 is 1.19 bits per heavy atom. The SMILES string of the molecule is Cl.O=C(O)c1cc(Cl)cc(Br)c1N(C(=O)c1cc(Br)nn1-c1ncccc1Cl)C1CC1. The summed E-state index contributed by atoms with van der Waals surface area (Å²) in [6.45, 7) is 0. The Morgan fingerprint density at radius 2 is 1.90 bits per heavy atom. The number of aromatic carboxylic acids is 1. The van der Waals surface area contributed by atoms with E-state index in [0.29, 0.717) is 14.1 Å². The highest BCUT2D eigenvalue weighted by Gasteiger charge is 2.39. The fraction of sp³-hybridized carbons (Fsp3) is 0.158. The van der Waals surface area contributed by atoms with Crippen molar-refractivity contribution in [3.05, 3.63) is 66.9 Å². The van der Waals surface area contributed by atoms with Gasteiger partial charge in [-0.1, -0.05) is 23.2 Å². The summed E-state index contributed by atoms with van der Waals surface area (Å²) in [4.78, 5) is 31.3. The summed E-state index contributed by atoms with van der Waals surface area (Å²) >= 11 is 19.0. The number of anilines is 1. The largest absolute Gasteiger partial charge is 0.478 e. The molecule has 7 nitrogen and oxygen atoms in total. The molecule has 2 aromatic heterocycles. The second-order valence-electron chi connectivity index (χ2n) is 6.57. The number of carbonyl (C=O) groups excluding carboxylic acids is 1. The Bertz CT molecular complexity index is 1180. The topological polar surface area (TPSA) is 88.3 Å². The Morgan fingerprint density at radius 3 is 2.52 bits per heavy atom. The maximum Gasteiger partial charge on any atom is 0.337 e. The lowest BCUT2D eigenvalue weighted by Crippen LogP contribution is -2.36. The van der Waals surface area contributed by atoms with Crippen LogP contribution in [-0.4, -0.2) is 37.8 Å². The molecule has 12 heteroatoms. The molecular weight excluding hydrogens is 598 g/mol. The highest BCUT2D eigenvalue weighted by atomic mass is 79.9. The summed E-state index contributed by atoms with van der Waals surface area (Å²) in [6, 6.07) is 7.61. The van der Waals surface area contributed by atoms with Gasteiger partial charge in [0.05, 0.1) is 16.3 Å². The highest BCUT2D eigenvalue weighted by molar-refractivity contribution is 9.10. The number of halogens is 5. The van der Waals surface area contributed by atoms with Crippen LogP contribution in [0.15, 0.2) is 45.6 Å². The van der Waals surface area contributed by atoms with Gasteiger partial charge in [-0.3, -0.25) is 4.79 Å². The van der Waals surface area contributed by atoms with Gasteiger partial charge in [0.15, 0.2) is 5.82 Å². The Labute approximate surface area is 210 Å². The van der Waals surface area contributed by atoms with Crippen LogP contribution in [0, 0.1) is 0 Å². The third-order valence-electron chi connectivity index (χ3n) is 4.47. The zero-order valence-electron chi connectivity index (χ0n) is 15.4. The molecule has 3 aromatic rings. The van der Waals surface area contributed by atoms with Gasteiger partial charge in [-0.15, -0.1) is 12.4 Å². The molecule has 1 aromatic carbocycles. The summed E-state index contributed by atoms with van der Waals surface area (Å²) in [7, 11) is 0. The third-order valence-corrected chi connectivity index (χ3v) is 5.97. The smallest absolute Gasteiger partial charge is 0.337 e. The van der Waals surface area contributed by atoms with Crippen molar-refractivity contribution in [2.75, 3.05) is 4.90 Å². The summed E-state index contributed by atoms with van der Waals surface area (Å²) in [5, 5.41) is 14.6. The summed E-state index contributed by atoms with van der Waals surface area (Å²) in [5.74, 6) is -1.32. The van der Waals surface area contributed by atoms with E-state index in [2.05, 4.69) is 41.9 Å². The first-order chi connectivity index (χ1) is 14.3. The monoisotopic (exact) mass is 608 g/mol. The van der Waals surface area contributed by atoms with Gasteiger partial charge in [0.1, 0.15) is 10.3 Å². The van der Waals surface area contributed by atoms with Crippen LogP contribution in [0.25, 0.3) is 5.82 Å². The lowest BCUT2D eigenvalue weighted by Gasteiger charge is -2.26. The molecule has 2 heterocycles. The molecule has 0 aliphatic heterocycles. The molecule has 0 atom stereocenters.